The number of carbonyl (C=O) groups is 1. The molecule has 0 unspecified atom stereocenters. The van der Waals surface area contributed by atoms with Gasteiger partial charge in [0.25, 0.3) is 5.91 Å². The third-order valence-electron chi connectivity index (χ3n) is 3.47. The van der Waals surface area contributed by atoms with Gasteiger partial charge in [-0.1, -0.05) is 41.9 Å². The number of halogens is 1. The fourth-order valence-corrected chi connectivity index (χ4v) is 2.54. The lowest BCUT2D eigenvalue weighted by molar-refractivity contribution is -0.124. The molecule has 4 heteroatoms. The van der Waals surface area contributed by atoms with Gasteiger partial charge in [-0.15, -0.1) is 0 Å². The maximum Gasteiger partial charge on any atom is 0.258 e. The lowest BCUT2D eigenvalue weighted by atomic mass is 9.95. The number of rotatable bonds is 6. The third-order valence-corrected chi connectivity index (χ3v) is 3.89. The quantitative estimate of drug-likeness (QED) is 0.863. The Morgan fingerprint density at radius 3 is 2.52 bits per heavy atom. The lowest BCUT2D eigenvalue weighted by Crippen LogP contribution is -2.47. The van der Waals surface area contributed by atoms with E-state index >= 15 is 0 Å². The van der Waals surface area contributed by atoms with Crippen LogP contribution in [-0.2, 0) is 11.2 Å². The summed E-state index contributed by atoms with van der Waals surface area (Å²) in [6.07, 6.45) is 0.764. The third kappa shape index (κ3) is 5.61. The summed E-state index contributed by atoms with van der Waals surface area (Å²) in [5.41, 5.74) is 1.78. The van der Waals surface area contributed by atoms with Gasteiger partial charge in [0, 0.05) is 10.6 Å². The average Bonchev–Trinajstić information content (AvgIpc) is 2.48. The molecule has 3 nitrogen and oxygen atoms in total. The van der Waals surface area contributed by atoms with Gasteiger partial charge in [-0.05, 0) is 56.5 Å². The van der Waals surface area contributed by atoms with Gasteiger partial charge in [-0.2, -0.15) is 0 Å². The van der Waals surface area contributed by atoms with Crippen LogP contribution in [0, 0.1) is 6.92 Å². The van der Waals surface area contributed by atoms with Crippen LogP contribution < -0.4 is 10.1 Å². The van der Waals surface area contributed by atoms with Crippen molar-refractivity contribution in [1.29, 1.82) is 0 Å². The van der Waals surface area contributed by atoms with Crippen LogP contribution in [-0.4, -0.2) is 18.1 Å². The van der Waals surface area contributed by atoms with Crippen LogP contribution in [0.25, 0.3) is 0 Å². The Hall–Kier alpha value is -2.00. The minimum Gasteiger partial charge on any atom is -0.484 e. The Labute approximate surface area is 142 Å². The first-order chi connectivity index (χ1) is 10.9. The van der Waals surface area contributed by atoms with Gasteiger partial charge in [-0.3, -0.25) is 4.79 Å². The molecule has 1 amide bonds. The van der Waals surface area contributed by atoms with Crippen molar-refractivity contribution >= 4 is 17.5 Å². The summed E-state index contributed by atoms with van der Waals surface area (Å²) in [4.78, 5) is 12.1. The molecule has 0 bridgehead atoms. The van der Waals surface area contributed by atoms with Crippen molar-refractivity contribution in [3.63, 3.8) is 0 Å². The predicted octanol–water partition coefficient (Wildman–Crippen LogP) is 4.16. The van der Waals surface area contributed by atoms with Crippen LogP contribution in [0.3, 0.4) is 0 Å². The van der Waals surface area contributed by atoms with E-state index in [2.05, 4.69) is 17.4 Å². The maximum atomic E-state index is 12.1. The zero-order chi connectivity index (χ0) is 16.9. The molecule has 0 aliphatic carbocycles. The Balaban J connectivity index is 1.87. The first-order valence-electron chi connectivity index (χ1n) is 7.60. The molecule has 0 atom stereocenters. The number of carbonyl (C=O) groups excluding carboxylic acids is 1. The fourth-order valence-electron chi connectivity index (χ4n) is 2.42. The summed E-state index contributed by atoms with van der Waals surface area (Å²) in [6.45, 7) is 5.90. The number of aryl methyl sites for hydroxylation is 1. The molecular formula is C19H22ClNO2. The number of nitrogens with one attached hydrogen (secondary N) is 1. The number of ether oxygens (including phenoxy) is 1. The van der Waals surface area contributed by atoms with Crippen LogP contribution in [0.5, 0.6) is 5.75 Å². The van der Waals surface area contributed by atoms with Crippen LogP contribution in [0.1, 0.15) is 25.0 Å². The number of benzene rings is 2. The van der Waals surface area contributed by atoms with Crippen LogP contribution in [0.15, 0.2) is 48.5 Å². The molecular weight excluding hydrogens is 310 g/mol. The van der Waals surface area contributed by atoms with E-state index in [1.165, 1.54) is 5.56 Å². The van der Waals surface area contributed by atoms with E-state index in [-0.39, 0.29) is 18.1 Å². The SMILES string of the molecule is Cc1cc(OCC(=O)NC(C)(C)Cc2ccccc2)ccc1Cl. The maximum absolute atomic E-state index is 12.1. The monoisotopic (exact) mass is 331 g/mol. The van der Waals surface area contributed by atoms with Crippen molar-refractivity contribution in [2.45, 2.75) is 32.7 Å². The molecule has 0 saturated carbocycles. The molecule has 2 aromatic rings. The Morgan fingerprint density at radius 1 is 1.17 bits per heavy atom. The van der Waals surface area contributed by atoms with Crippen LogP contribution in [0.4, 0.5) is 0 Å². The molecule has 0 heterocycles. The summed E-state index contributed by atoms with van der Waals surface area (Å²) in [5.74, 6) is 0.501. The van der Waals surface area contributed by atoms with E-state index in [0.717, 1.165) is 12.0 Å². The Kier molecular flexibility index (Phi) is 5.67. The second-order valence-corrected chi connectivity index (χ2v) is 6.70. The molecule has 1 N–H and O–H groups in total. The largest absolute Gasteiger partial charge is 0.484 e. The molecule has 0 aliphatic heterocycles. The molecule has 0 aliphatic rings. The highest BCUT2D eigenvalue weighted by Crippen LogP contribution is 2.21. The molecule has 0 radical (unpaired) electrons. The minimum atomic E-state index is -0.336. The summed E-state index contributed by atoms with van der Waals surface area (Å²) in [5, 5.41) is 3.70. The Bertz CT molecular complexity index is 668. The number of hydrogen-bond acceptors (Lipinski definition) is 2. The van der Waals surface area contributed by atoms with Crippen molar-refractivity contribution in [2.75, 3.05) is 6.61 Å². The van der Waals surface area contributed by atoms with E-state index in [1.54, 1.807) is 12.1 Å². The van der Waals surface area contributed by atoms with Gasteiger partial charge in [-0.25, -0.2) is 0 Å². The molecule has 122 valence electrons. The van der Waals surface area contributed by atoms with Gasteiger partial charge in [0.1, 0.15) is 5.75 Å². The highest BCUT2D eigenvalue weighted by atomic mass is 35.5. The second kappa shape index (κ2) is 7.51. The molecule has 23 heavy (non-hydrogen) atoms. The number of hydrogen-bond donors (Lipinski definition) is 1. The van der Waals surface area contributed by atoms with E-state index in [9.17, 15) is 4.79 Å². The standard InChI is InChI=1S/C19H22ClNO2/c1-14-11-16(9-10-17(14)20)23-13-18(22)21-19(2,3)12-15-7-5-4-6-8-15/h4-11H,12-13H2,1-3H3,(H,21,22). The van der Waals surface area contributed by atoms with E-state index in [4.69, 9.17) is 16.3 Å². The van der Waals surface area contributed by atoms with Gasteiger partial charge in [0.05, 0.1) is 0 Å². The van der Waals surface area contributed by atoms with Crippen molar-refractivity contribution in [1.82, 2.24) is 5.32 Å². The summed E-state index contributed by atoms with van der Waals surface area (Å²) >= 11 is 5.97. The highest BCUT2D eigenvalue weighted by Gasteiger charge is 2.21. The van der Waals surface area contributed by atoms with E-state index in [0.29, 0.717) is 10.8 Å². The minimum absolute atomic E-state index is 0.0146. The first kappa shape index (κ1) is 17.4. The van der Waals surface area contributed by atoms with Gasteiger partial charge in [0.15, 0.2) is 6.61 Å². The van der Waals surface area contributed by atoms with Crippen LogP contribution >= 0.6 is 11.6 Å². The summed E-state index contributed by atoms with van der Waals surface area (Å²) in [6, 6.07) is 15.4. The van der Waals surface area contributed by atoms with Crippen molar-refractivity contribution in [2.24, 2.45) is 0 Å². The van der Waals surface area contributed by atoms with Gasteiger partial charge < -0.3 is 10.1 Å². The highest BCUT2D eigenvalue weighted by molar-refractivity contribution is 6.31. The van der Waals surface area contributed by atoms with Crippen molar-refractivity contribution in [3.05, 3.63) is 64.7 Å². The molecule has 0 spiro atoms. The zero-order valence-corrected chi connectivity index (χ0v) is 14.5. The Morgan fingerprint density at radius 2 is 1.87 bits per heavy atom. The van der Waals surface area contributed by atoms with Crippen molar-refractivity contribution < 1.29 is 9.53 Å². The number of amides is 1. The zero-order valence-electron chi connectivity index (χ0n) is 13.7. The van der Waals surface area contributed by atoms with Gasteiger partial charge >= 0.3 is 0 Å². The van der Waals surface area contributed by atoms with Gasteiger partial charge in [0.2, 0.25) is 0 Å². The molecule has 2 rings (SSSR count). The predicted molar refractivity (Wildman–Crippen MR) is 94.1 cm³/mol. The average molecular weight is 332 g/mol. The van der Waals surface area contributed by atoms with E-state index in [1.807, 2.05) is 45.0 Å². The molecule has 2 aromatic carbocycles. The van der Waals surface area contributed by atoms with Crippen molar-refractivity contribution in [3.8, 4) is 5.75 Å². The first-order valence-corrected chi connectivity index (χ1v) is 7.97. The molecule has 0 aromatic heterocycles. The fraction of sp³-hybridized carbons (Fsp3) is 0.316. The second-order valence-electron chi connectivity index (χ2n) is 6.29. The smallest absolute Gasteiger partial charge is 0.258 e. The summed E-state index contributed by atoms with van der Waals surface area (Å²) < 4.78 is 5.53. The van der Waals surface area contributed by atoms with Crippen LogP contribution in [0.2, 0.25) is 5.02 Å². The molecule has 0 saturated heterocycles. The summed E-state index contributed by atoms with van der Waals surface area (Å²) in [7, 11) is 0. The normalized spacial score (nSPS) is 11.1. The van der Waals surface area contributed by atoms with E-state index < -0.39 is 0 Å². The molecule has 0 fully saturated rings. The lowest BCUT2D eigenvalue weighted by Gasteiger charge is -2.26. The topological polar surface area (TPSA) is 38.3 Å².